The van der Waals surface area contributed by atoms with Crippen molar-refractivity contribution in [2.24, 2.45) is 11.7 Å². The van der Waals surface area contributed by atoms with Crippen LogP contribution < -0.4 is 5.73 Å². The summed E-state index contributed by atoms with van der Waals surface area (Å²) in [6.07, 6.45) is 3.69. The molecule has 1 rings (SSSR count). The third-order valence-corrected chi connectivity index (χ3v) is 2.80. The predicted octanol–water partition coefficient (Wildman–Crippen LogP) is 1.46. The van der Waals surface area contributed by atoms with E-state index in [-0.39, 0.29) is 5.97 Å². The third kappa shape index (κ3) is 2.69. The zero-order valence-corrected chi connectivity index (χ0v) is 8.51. The standard InChI is InChI=1S/C10H19NO2/c1-3-8(4-2)7-13-9(12)10(11)5-6-10/h8H,3-7,11H2,1-2H3. The lowest BCUT2D eigenvalue weighted by Gasteiger charge is -2.14. The molecule has 76 valence electrons. The maximum atomic E-state index is 11.3. The molecular formula is C10H19NO2. The first kappa shape index (κ1) is 10.5. The molecule has 0 aromatic heterocycles. The topological polar surface area (TPSA) is 52.3 Å². The number of carbonyl (C=O) groups is 1. The second-order valence-electron chi connectivity index (χ2n) is 3.94. The Morgan fingerprint density at radius 2 is 2.00 bits per heavy atom. The molecule has 0 spiro atoms. The van der Waals surface area contributed by atoms with Crippen molar-refractivity contribution in [3.05, 3.63) is 0 Å². The summed E-state index contributed by atoms with van der Waals surface area (Å²) in [4.78, 5) is 11.3. The Morgan fingerprint density at radius 1 is 1.46 bits per heavy atom. The summed E-state index contributed by atoms with van der Waals surface area (Å²) in [5.74, 6) is 0.283. The van der Waals surface area contributed by atoms with Crippen LogP contribution in [0.15, 0.2) is 0 Å². The van der Waals surface area contributed by atoms with Crippen LogP contribution in [0.2, 0.25) is 0 Å². The zero-order valence-electron chi connectivity index (χ0n) is 8.51. The van der Waals surface area contributed by atoms with Crippen LogP contribution in [0.4, 0.5) is 0 Å². The van der Waals surface area contributed by atoms with Gasteiger partial charge in [-0.15, -0.1) is 0 Å². The first-order chi connectivity index (χ1) is 6.12. The molecule has 3 heteroatoms. The molecule has 2 N–H and O–H groups in total. The van der Waals surface area contributed by atoms with Crippen molar-refractivity contribution >= 4 is 5.97 Å². The summed E-state index contributed by atoms with van der Waals surface area (Å²) in [6.45, 7) is 4.75. The number of rotatable bonds is 5. The maximum absolute atomic E-state index is 11.3. The van der Waals surface area contributed by atoms with E-state index in [0.717, 1.165) is 25.7 Å². The molecule has 1 aliphatic carbocycles. The lowest BCUT2D eigenvalue weighted by molar-refractivity contribution is -0.147. The Labute approximate surface area is 79.6 Å². The fourth-order valence-corrected chi connectivity index (χ4v) is 1.20. The van der Waals surface area contributed by atoms with E-state index in [2.05, 4.69) is 13.8 Å². The summed E-state index contributed by atoms with van der Waals surface area (Å²) < 4.78 is 5.15. The van der Waals surface area contributed by atoms with Crippen LogP contribution in [-0.4, -0.2) is 18.1 Å². The molecule has 0 heterocycles. The van der Waals surface area contributed by atoms with Gasteiger partial charge in [-0.05, 0) is 18.8 Å². The molecule has 3 nitrogen and oxygen atoms in total. The second-order valence-corrected chi connectivity index (χ2v) is 3.94. The molecule has 0 aromatic carbocycles. The Hall–Kier alpha value is -0.570. The Morgan fingerprint density at radius 3 is 2.38 bits per heavy atom. The van der Waals surface area contributed by atoms with Gasteiger partial charge in [0.2, 0.25) is 0 Å². The molecule has 0 aromatic rings. The molecule has 0 saturated heterocycles. The van der Waals surface area contributed by atoms with E-state index in [1.165, 1.54) is 0 Å². The van der Waals surface area contributed by atoms with Crippen LogP contribution in [0.1, 0.15) is 39.5 Å². The minimum absolute atomic E-state index is 0.209. The van der Waals surface area contributed by atoms with Crippen molar-refractivity contribution in [2.45, 2.75) is 45.1 Å². The zero-order chi connectivity index (χ0) is 9.90. The van der Waals surface area contributed by atoms with E-state index in [1.807, 2.05) is 0 Å². The summed E-state index contributed by atoms with van der Waals surface area (Å²) in [7, 11) is 0. The monoisotopic (exact) mass is 185 g/mol. The van der Waals surface area contributed by atoms with E-state index in [9.17, 15) is 4.79 Å². The quantitative estimate of drug-likeness (QED) is 0.660. The number of carbonyl (C=O) groups excluding carboxylic acids is 1. The van der Waals surface area contributed by atoms with E-state index in [4.69, 9.17) is 10.5 Å². The largest absolute Gasteiger partial charge is 0.464 e. The minimum Gasteiger partial charge on any atom is -0.464 e. The van der Waals surface area contributed by atoms with Crippen LogP contribution in [-0.2, 0) is 9.53 Å². The Balaban J connectivity index is 2.21. The highest BCUT2D eigenvalue weighted by Gasteiger charge is 2.47. The highest BCUT2D eigenvalue weighted by atomic mass is 16.5. The van der Waals surface area contributed by atoms with Gasteiger partial charge in [0.05, 0.1) is 6.61 Å². The van der Waals surface area contributed by atoms with Crippen LogP contribution in [0.3, 0.4) is 0 Å². The number of nitrogens with two attached hydrogens (primary N) is 1. The fourth-order valence-electron chi connectivity index (χ4n) is 1.20. The van der Waals surface area contributed by atoms with E-state index in [0.29, 0.717) is 12.5 Å². The summed E-state index contributed by atoms with van der Waals surface area (Å²) in [5.41, 5.74) is 5.07. The van der Waals surface area contributed by atoms with E-state index >= 15 is 0 Å². The van der Waals surface area contributed by atoms with Gasteiger partial charge in [0.25, 0.3) is 0 Å². The van der Waals surface area contributed by atoms with Gasteiger partial charge in [-0.2, -0.15) is 0 Å². The lowest BCUT2D eigenvalue weighted by Crippen LogP contribution is -2.35. The molecule has 1 fully saturated rings. The number of ether oxygens (including phenoxy) is 1. The third-order valence-electron chi connectivity index (χ3n) is 2.80. The van der Waals surface area contributed by atoms with Crippen molar-refractivity contribution in [1.29, 1.82) is 0 Å². The lowest BCUT2D eigenvalue weighted by atomic mass is 10.1. The molecule has 0 aliphatic heterocycles. The number of hydrogen-bond donors (Lipinski definition) is 1. The van der Waals surface area contributed by atoms with Crippen LogP contribution in [0.5, 0.6) is 0 Å². The van der Waals surface area contributed by atoms with Gasteiger partial charge in [0, 0.05) is 0 Å². The summed E-state index contributed by atoms with van der Waals surface area (Å²) >= 11 is 0. The predicted molar refractivity (Wildman–Crippen MR) is 51.2 cm³/mol. The van der Waals surface area contributed by atoms with Gasteiger partial charge < -0.3 is 10.5 Å². The Bertz CT molecular complexity index is 183. The molecule has 13 heavy (non-hydrogen) atoms. The van der Waals surface area contributed by atoms with Crippen LogP contribution in [0, 0.1) is 5.92 Å². The molecule has 0 atom stereocenters. The first-order valence-corrected chi connectivity index (χ1v) is 5.08. The van der Waals surface area contributed by atoms with Crippen molar-refractivity contribution in [3.63, 3.8) is 0 Å². The Kier molecular flexibility index (Phi) is 3.31. The van der Waals surface area contributed by atoms with Gasteiger partial charge in [-0.3, -0.25) is 4.79 Å². The normalized spacial score (nSPS) is 18.8. The SMILES string of the molecule is CCC(CC)COC(=O)C1(N)CC1. The van der Waals surface area contributed by atoms with Gasteiger partial charge in [0.1, 0.15) is 5.54 Å². The van der Waals surface area contributed by atoms with Crippen molar-refractivity contribution in [1.82, 2.24) is 0 Å². The van der Waals surface area contributed by atoms with Gasteiger partial charge >= 0.3 is 5.97 Å². The van der Waals surface area contributed by atoms with Crippen molar-refractivity contribution in [2.75, 3.05) is 6.61 Å². The van der Waals surface area contributed by atoms with E-state index < -0.39 is 5.54 Å². The molecule has 0 unspecified atom stereocenters. The van der Waals surface area contributed by atoms with Gasteiger partial charge in [-0.1, -0.05) is 26.7 Å². The number of esters is 1. The van der Waals surface area contributed by atoms with Gasteiger partial charge in [0.15, 0.2) is 0 Å². The maximum Gasteiger partial charge on any atom is 0.326 e. The van der Waals surface area contributed by atoms with Crippen LogP contribution in [0.25, 0.3) is 0 Å². The summed E-state index contributed by atoms with van der Waals surface area (Å²) in [6, 6.07) is 0. The molecule has 0 bridgehead atoms. The minimum atomic E-state index is -0.619. The highest BCUT2D eigenvalue weighted by Crippen LogP contribution is 2.33. The average Bonchev–Trinajstić information content (AvgIpc) is 2.86. The number of hydrogen-bond acceptors (Lipinski definition) is 3. The molecule has 0 amide bonds. The summed E-state index contributed by atoms with van der Waals surface area (Å²) in [5, 5.41) is 0. The molecule has 1 aliphatic rings. The molecular weight excluding hydrogens is 166 g/mol. The second kappa shape index (κ2) is 4.09. The molecule has 0 radical (unpaired) electrons. The first-order valence-electron chi connectivity index (χ1n) is 5.08. The smallest absolute Gasteiger partial charge is 0.326 e. The highest BCUT2D eigenvalue weighted by molar-refractivity contribution is 5.83. The van der Waals surface area contributed by atoms with Crippen molar-refractivity contribution < 1.29 is 9.53 Å². The molecule has 1 saturated carbocycles. The fraction of sp³-hybridized carbons (Fsp3) is 0.900. The van der Waals surface area contributed by atoms with Crippen LogP contribution >= 0.6 is 0 Å². The van der Waals surface area contributed by atoms with E-state index in [1.54, 1.807) is 0 Å². The van der Waals surface area contributed by atoms with Gasteiger partial charge in [-0.25, -0.2) is 0 Å². The van der Waals surface area contributed by atoms with Crippen molar-refractivity contribution in [3.8, 4) is 0 Å². The average molecular weight is 185 g/mol.